The summed E-state index contributed by atoms with van der Waals surface area (Å²) < 4.78 is 30.0. The lowest BCUT2D eigenvalue weighted by molar-refractivity contribution is 0.601. The van der Waals surface area contributed by atoms with E-state index in [0.29, 0.717) is 17.9 Å². The molecule has 0 spiro atoms. The van der Waals surface area contributed by atoms with Crippen molar-refractivity contribution in [3.05, 3.63) is 77.7 Å². The quantitative estimate of drug-likeness (QED) is 0.447. The molecule has 0 saturated heterocycles. The molecule has 2 N–H and O–H groups in total. The summed E-state index contributed by atoms with van der Waals surface area (Å²) in [6.07, 6.45) is 2.16. The minimum Gasteiger partial charge on any atom is -0.381 e. The Balaban J connectivity index is 1.48. The average Bonchev–Trinajstić information content (AvgIpc) is 3.09. The van der Waals surface area contributed by atoms with E-state index in [1.165, 1.54) is 16.5 Å². The van der Waals surface area contributed by atoms with Gasteiger partial charge in [0.05, 0.1) is 4.90 Å². The van der Waals surface area contributed by atoms with Crippen LogP contribution in [0.15, 0.2) is 65.7 Å². The van der Waals surface area contributed by atoms with Crippen molar-refractivity contribution in [2.45, 2.75) is 38.8 Å². The van der Waals surface area contributed by atoms with E-state index in [0.717, 1.165) is 12.2 Å². The highest BCUT2D eigenvalue weighted by molar-refractivity contribution is 7.92. The first-order valence-electron chi connectivity index (χ1n) is 10.1. The lowest BCUT2D eigenvalue weighted by Gasteiger charge is -2.10. The SMILES string of the molecule is CCn1cc(CNc2ccc(S(=O)(=O)Nc3nc(C)cc(C)n3)cc2)c2ccccc21. The number of nitrogens with one attached hydrogen (secondary N) is 2. The molecule has 31 heavy (non-hydrogen) atoms. The van der Waals surface area contributed by atoms with E-state index in [1.807, 2.05) is 12.1 Å². The molecule has 160 valence electrons. The number of rotatable bonds is 7. The van der Waals surface area contributed by atoms with E-state index >= 15 is 0 Å². The third-order valence-corrected chi connectivity index (χ3v) is 6.41. The first kappa shape index (κ1) is 20.9. The molecule has 7 nitrogen and oxygen atoms in total. The normalized spacial score (nSPS) is 11.6. The fourth-order valence-electron chi connectivity index (χ4n) is 3.63. The van der Waals surface area contributed by atoms with Crippen molar-refractivity contribution >= 4 is 32.6 Å². The number of hydrogen-bond donors (Lipinski definition) is 2. The van der Waals surface area contributed by atoms with Gasteiger partial charge in [-0.3, -0.25) is 0 Å². The van der Waals surface area contributed by atoms with Gasteiger partial charge in [0.1, 0.15) is 0 Å². The average molecular weight is 436 g/mol. The second-order valence-corrected chi connectivity index (χ2v) is 9.10. The fraction of sp³-hybridized carbons (Fsp3) is 0.217. The molecule has 2 aromatic carbocycles. The van der Waals surface area contributed by atoms with Gasteiger partial charge < -0.3 is 9.88 Å². The standard InChI is InChI=1S/C23H25N5O2S/c1-4-28-15-18(21-7-5-6-8-22(21)28)14-24-19-9-11-20(12-10-19)31(29,30)27-23-25-16(2)13-17(3)26-23/h5-13,15,24H,4,14H2,1-3H3,(H,25,26,27). The molecular formula is C23H25N5O2S. The number of benzene rings is 2. The Bertz CT molecular complexity index is 1310. The van der Waals surface area contributed by atoms with Crippen LogP contribution >= 0.6 is 0 Å². The van der Waals surface area contributed by atoms with Gasteiger partial charge in [0.25, 0.3) is 10.0 Å². The summed E-state index contributed by atoms with van der Waals surface area (Å²) in [4.78, 5) is 8.44. The van der Waals surface area contributed by atoms with Crippen LogP contribution in [0.3, 0.4) is 0 Å². The topological polar surface area (TPSA) is 88.9 Å². The Kier molecular flexibility index (Phi) is 5.65. The van der Waals surface area contributed by atoms with E-state index in [2.05, 4.69) is 49.8 Å². The van der Waals surface area contributed by atoms with Gasteiger partial charge in [-0.2, -0.15) is 0 Å². The van der Waals surface area contributed by atoms with Gasteiger partial charge >= 0.3 is 0 Å². The summed E-state index contributed by atoms with van der Waals surface area (Å²) in [6, 6.07) is 16.8. The van der Waals surface area contributed by atoms with Crippen molar-refractivity contribution in [3.63, 3.8) is 0 Å². The highest BCUT2D eigenvalue weighted by Gasteiger charge is 2.16. The lowest BCUT2D eigenvalue weighted by atomic mass is 10.2. The Morgan fingerprint density at radius 3 is 2.32 bits per heavy atom. The van der Waals surface area contributed by atoms with Crippen LogP contribution < -0.4 is 10.0 Å². The molecule has 0 aliphatic heterocycles. The largest absolute Gasteiger partial charge is 0.381 e. The van der Waals surface area contributed by atoms with Gasteiger partial charge in [0, 0.05) is 47.3 Å². The van der Waals surface area contributed by atoms with Crippen LogP contribution in [-0.4, -0.2) is 23.0 Å². The molecule has 0 radical (unpaired) electrons. The van der Waals surface area contributed by atoms with Crippen molar-refractivity contribution in [1.29, 1.82) is 0 Å². The molecule has 8 heteroatoms. The molecule has 0 amide bonds. The Morgan fingerprint density at radius 2 is 1.65 bits per heavy atom. The molecule has 0 unspecified atom stereocenters. The molecule has 0 atom stereocenters. The Labute approximate surface area is 182 Å². The number of fused-ring (bicyclic) bond motifs is 1. The molecule has 2 aromatic heterocycles. The summed E-state index contributed by atoms with van der Waals surface area (Å²) in [5, 5.41) is 4.60. The van der Waals surface area contributed by atoms with Gasteiger partial charge in [-0.25, -0.2) is 23.1 Å². The lowest BCUT2D eigenvalue weighted by Crippen LogP contribution is -2.15. The van der Waals surface area contributed by atoms with E-state index in [9.17, 15) is 8.42 Å². The van der Waals surface area contributed by atoms with Crippen molar-refractivity contribution in [1.82, 2.24) is 14.5 Å². The summed E-state index contributed by atoms with van der Waals surface area (Å²) in [6.45, 7) is 7.27. The molecule has 0 bridgehead atoms. The monoisotopic (exact) mass is 435 g/mol. The molecule has 0 fully saturated rings. The third kappa shape index (κ3) is 4.54. The zero-order chi connectivity index (χ0) is 22.0. The van der Waals surface area contributed by atoms with Crippen LogP contribution in [0.5, 0.6) is 0 Å². The van der Waals surface area contributed by atoms with Gasteiger partial charge in [-0.1, -0.05) is 18.2 Å². The zero-order valence-corrected chi connectivity index (χ0v) is 18.6. The van der Waals surface area contributed by atoms with Crippen LogP contribution in [0.25, 0.3) is 10.9 Å². The number of aryl methyl sites for hydroxylation is 3. The predicted octanol–water partition coefficient (Wildman–Crippen LogP) is 4.48. The second-order valence-electron chi connectivity index (χ2n) is 7.42. The number of anilines is 2. The maximum Gasteiger partial charge on any atom is 0.264 e. The minimum absolute atomic E-state index is 0.0759. The summed E-state index contributed by atoms with van der Waals surface area (Å²) in [5.41, 5.74) is 4.66. The third-order valence-electron chi connectivity index (χ3n) is 5.07. The molecule has 2 heterocycles. The Hall–Kier alpha value is -3.39. The van der Waals surface area contributed by atoms with E-state index < -0.39 is 10.0 Å². The molecule has 0 saturated carbocycles. The second kappa shape index (κ2) is 8.39. The van der Waals surface area contributed by atoms with Crippen molar-refractivity contribution < 1.29 is 8.42 Å². The zero-order valence-electron chi connectivity index (χ0n) is 17.8. The number of sulfonamides is 1. The molecule has 0 aliphatic carbocycles. The number of nitrogens with zero attached hydrogens (tertiary/aromatic N) is 3. The van der Waals surface area contributed by atoms with Crippen LogP contribution in [-0.2, 0) is 23.1 Å². The summed E-state index contributed by atoms with van der Waals surface area (Å²) in [5.74, 6) is 0.0759. The highest BCUT2D eigenvalue weighted by atomic mass is 32.2. The van der Waals surface area contributed by atoms with Crippen LogP contribution in [0.4, 0.5) is 11.6 Å². The summed E-state index contributed by atoms with van der Waals surface area (Å²) in [7, 11) is -3.77. The molecular weight excluding hydrogens is 410 g/mol. The van der Waals surface area contributed by atoms with Crippen molar-refractivity contribution in [2.24, 2.45) is 0 Å². The predicted molar refractivity (Wildman–Crippen MR) is 124 cm³/mol. The van der Waals surface area contributed by atoms with E-state index in [1.54, 1.807) is 44.2 Å². The molecule has 0 aliphatic rings. The van der Waals surface area contributed by atoms with Crippen LogP contribution in [0.1, 0.15) is 23.9 Å². The first-order chi connectivity index (χ1) is 14.9. The van der Waals surface area contributed by atoms with Crippen molar-refractivity contribution in [3.8, 4) is 0 Å². The van der Waals surface area contributed by atoms with Gasteiger partial charge in [-0.15, -0.1) is 0 Å². The van der Waals surface area contributed by atoms with Crippen LogP contribution in [0, 0.1) is 13.8 Å². The van der Waals surface area contributed by atoms with Gasteiger partial charge in [0.2, 0.25) is 5.95 Å². The number of hydrogen-bond acceptors (Lipinski definition) is 5. The smallest absolute Gasteiger partial charge is 0.264 e. The van der Waals surface area contributed by atoms with E-state index in [-0.39, 0.29) is 10.8 Å². The minimum atomic E-state index is -3.77. The number of para-hydroxylation sites is 1. The van der Waals surface area contributed by atoms with Crippen molar-refractivity contribution in [2.75, 3.05) is 10.0 Å². The molecule has 4 rings (SSSR count). The summed E-state index contributed by atoms with van der Waals surface area (Å²) >= 11 is 0. The van der Waals surface area contributed by atoms with Gasteiger partial charge in [0.15, 0.2) is 0 Å². The fourth-order valence-corrected chi connectivity index (χ4v) is 4.57. The number of aromatic nitrogens is 3. The molecule has 4 aromatic rings. The first-order valence-corrected chi connectivity index (χ1v) is 11.6. The Morgan fingerprint density at radius 1 is 0.968 bits per heavy atom. The maximum atomic E-state index is 12.7. The van der Waals surface area contributed by atoms with Gasteiger partial charge in [-0.05, 0) is 62.7 Å². The highest BCUT2D eigenvalue weighted by Crippen LogP contribution is 2.23. The maximum absolute atomic E-state index is 12.7. The van der Waals surface area contributed by atoms with E-state index in [4.69, 9.17) is 0 Å². The van der Waals surface area contributed by atoms with Crippen LogP contribution in [0.2, 0.25) is 0 Å².